The number of nitrogens with zero attached hydrogens (tertiary/aromatic N) is 1. The fourth-order valence-corrected chi connectivity index (χ4v) is 7.85. The predicted molar refractivity (Wildman–Crippen MR) is 133 cm³/mol. The first kappa shape index (κ1) is 27.2. The first-order chi connectivity index (χ1) is 17.0. The Labute approximate surface area is 220 Å². The van der Waals surface area contributed by atoms with Gasteiger partial charge in [0.2, 0.25) is 0 Å². The van der Waals surface area contributed by atoms with Crippen LogP contribution >= 0.6 is 11.6 Å². The first-order valence-electron chi connectivity index (χ1n) is 12.0. The number of aliphatic hydroxyl groups is 1. The average molecular weight is 585 g/mol. The summed E-state index contributed by atoms with van der Waals surface area (Å²) in [6.45, 7) is 1.61. The topological polar surface area (TPSA) is 69.6 Å². The minimum atomic E-state index is -4.53. The van der Waals surface area contributed by atoms with Crippen LogP contribution in [0.25, 0.3) is 0 Å². The Morgan fingerprint density at radius 2 is 1.81 bits per heavy atom. The van der Waals surface area contributed by atoms with Crippen molar-refractivity contribution < 1.29 is 27.9 Å². The molecule has 194 valence electrons. The van der Waals surface area contributed by atoms with Crippen molar-refractivity contribution in [2.45, 2.75) is 54.6 Å². The molecule has 10 heteroatoms. The Morgan fingerprint density at radius 1 is 1.11 bits per heavy atom. The predicted octanol–water partition coefficient (Wildman–Crippen LogP) is 4.38. The fraction of sp³-hybridized carbons (Fsp3) is 0.462. The molecule has 0 bridgehead atoms. The van der Waals surface area contributed by atoms with Gasteiger partial charge in [-0.05, 0) is 0 Å². The molecule has 1 aliphatic heterocycles. The van der Waals surface area contributed by atoms with E-state index in [1.54, 1.807) is 12.1 Å². The van der Waals surface area contributed by atoms with Crippen LogP contribution in [-0.4, -0.2) is 61.9 Å². The number of nitrogens with one attached hydrogen (secondary N) is 1. The second kappa shape index (κ2) is 11.3. The van der Waals surface area contributed by atoms with Gasteiger partial charge in [-0.3, -0.25) is 0 Å². The Morgan fingerprint density at radius 3 is 2.47 bits per heavy atom. The van der Waals surface area contributed by atoms with E-state index in [0.717, 1.165) is 50.0 Å². The zero-order valence-electron chi connectivity index (χ0n) is 19.7. The number of alkyl halides is 3. The van der Waals surface area contributed by atoms with Crippen LogP contribution in [0.5, 0.6) is 0 Å². The maximum absolute atomic E-state index is 12.9. The van der Waals surface area contributed by atoms with Crippen molar-refractivity contribution in [3.8, 4) is 0 Å². The first-order valence-corrected chi connectivity index (χ1v) is 14.6. The maximum atomic E-state index is 12.9. The quantitative estimate of drug-likeness (QED) is 0.474. The van der Waals surface area contributed by atoms with Gasteiger partial charge in [0.05, 0.1) is 0 Å². The van der Waals surface area contributed by atoms with Gasteiger partial charge in [0.1, 0.15) is 0 Å². The van der Waals surface area contributed by atoms with E-state index in [-0.39, 0.29) is 16.7 Å². The third-order valence-electron chi connectivity index (χ3n) is 7.13. The molecule has 1 unspecified atom stereocenters. The van der Waals surface area contributed by atoms with Crippen molar-refractivity contribution in [3.05, 3.63) is 70.2 Å². The van der Waals surface area contributed by atoms with Gasteiger partial charge in [-0.2, -0.15) is 0 Å². The van der Waals surface area contributed by atoms with Gasteiger partial charge >= 0.3 is 220 Å². The molecule has 36 heavy (non-hydrogen) atoms. The summed E-state index contributed by atoms with van der Waals surface area (Å²) >= 11 is 5.00. The molecule has 0 aromatic heterocycles. The number of rotatable bonds is 7. The molecule has 2 aromatic rings. The summed E-state index contributed by atoms with van der Waals surface area (Å²) < 4.78 is 38.9. The molecular weight excluding hydrogens is 556 g/mol. The number of benzene rings is 2. The standard InChI is InChI=1S/C26H29AsClF3N2O3/c28-21-6-4-18(5-7-21)25(36)11-8-22(9-12-25)33-13-10-20(16-33)27-23(34)15-32-24(35)17-2-1-3-19(14-17)26(29,30)31/h1-7,14,20,22,27,36H,8-13,15-16H2,(H,32,35)/t20-,22?,25?/m1/s1. The van der Waals surface area contributed by atoms with Crippen LogP contribution < -0.4 is 5.32 Å². The molecule has 5 nitrogen and oxygen atoms in total. The van der Waals surface area contributed by atoms with Crippen molar-refractivity contribution >= 4 is 37.8 Å². The van der Waals surface area contributed by atoms with Crippen molar-refractivity contribution in [1.82, 2.24) is 10.2 Å². The summed E-state index contributed by atoms with van der Waals surface area (Å²) in [4.78, 5) is 27.2. The fourth-order valence-electron chi connectivity index (χ4n) is 5.11. The van der Waals surface area contributed by atoms with E-state index in [1.165, 1.54) is 12.1 Å². The summed E-state index contributed by atoms with van der Waals surface area (Å²) in [5.74, 6) is -0.676. The Balaban J connectivity index is 1.21. The van der Waals surface area contributed by atoms with Crippen LogP contribution in [0.1, 0.15) is 53.6 Å². The summed E-state index contributed by atoms with van der Waals surface area (Å²) in [6, 6.07) is 11.9. The monoisotopic (exact) mass is 584 g/mol. The average Bonchev–Trinajstić information content (AvgIpc) is 3.31. The molecule has 0 spiro atoms. The summed E-state index contributed by atoms with van der Waals surface area (Å²) in [7, 11) is 0. The number of likely N-dealkylation sites (tertiary alicyclic amines) is 1. The van der Waals surface area contributed by atoms with Gasteiger partial charge in [0.15, 0.2) is 0 Å². The van der Waals surface area contributed by atoms with Crippen molar-refractivity contribution in [1.29, 1.82) is 0 Å². The van der Waals surface area contributed by atoms with Crippen molar-refractivity contribution in [2.75, 3.05) is 19.6 Å². The zero-order valence-corrected chi connectivity index (χ0v) is 22.5. The molecule has 1 saturated heterocycles. The van der Waals surface area contributed by atoms with Crippen LogP contribution in [0, 0.1) is 0 Å². The number of amides is 1. The number of halogens is 4. The van der Waals surface area contributed by atoms with Gasteiger partial charge in [0, 0.05) is 0 Å². The SMILES string of the molecule is O=C(CNC(=O)c1cccc(C(F)(F)F)c1)[AsH][C@@H]1CCN(C2CCC(O)(c3ccc(Cl)cc3)CC2)C1. The summed E-state index contributed by atoms with van der Waals surface area (Å²) in [5.41, 5.74) is -0.938. The molecule has 0 radical (unpaired) electrons. The van der Waals surface area contributed by atoms with Gasteiger partial charge < -0.3 is 0 Å². The molecule has 2 atom stereocenters. The second-order valence-electron chi connectivity index (χ2n) is 9.58. The number of carbonyl (C=O) groups excluding carboxylic acids is 2. The third kappa shape index (κ3) is 6.71. The summed E-state index contributed by atoms with van der Waals surface area (Å²) in [5, 5.41) is 14.2. The van der Waals surface area contributed by atoms with E-state index in [4.69, 9.17) is 11.6 Å². The minimum absolute atomic E-state index is 0.0112. The molecule has 2 N–H and O–H groups in total. The second-order valence-corrected chi connectivity index (χ2v) is 13.5. The van der Waals surface area contributed by atoms with Crippen molar-refractivity contribution in [2.24, 2.45) is 0 Å². The molecule has 2 fully saturated rings. The Hall–Kier alpha value is -1.86. The van der Waals surface area contributed by atoms with Crippen LogP contribution in [0.15, 0.2) is 48.5 Å². The van der Waals surface area contributed by atoms with Crippen LogP contribution in [-0.2, 0) is 16.6 Å². The molecule has 1 saturated carbocycles. The summed E-state index contributed by atoms with van der Waals surface area (Å²) in [6.07, 6.45) is -0.473. The van der Waals surface area contributed by atoms with Gasteiger partial charge in [-0.15, -0.1) is 0 Å². The van der Waals surface area contributed by atoms with E-state index >= 15 is 0 Å². The molecule has 4 rings (SSSR count). The zero-order chi connectivity index (χ0) is 25.9. The Kier molecular flexibility index (Phi) is 8.50. The van der Waals surface area contributed by atoms with Crippen LogP contribution in [0.4, 0.5) is 13.2 Å². The van der Waals surface area contributed by atoms with E-state index in [1.807, 2.05) is 12.1 Å². The molecule has 2 aromatic carbocycles. The molecule has 1 amide bonds. The van der Waals surface area contributed by atoms with Crippen LogP contribution in [0.3, 0.4) is 0 Å². The van der Waals surface area contributed by atoms with Crippen molar-refractivity contribution in [3.63, 3.8) is 0 Å². The van der Waals surface area contributed by atoms with Gasteiger partial charge in [0.25, 0.3) is 0 Å². The van der Waals surface area contributed by atoms with E-state index < -0.39 is 39.0 Å². The normalized spacial score (nSPS) is 25.4. The van der Waals surface area contributed by atoms with E-state index in [9.17, 15) is 27.9 Å². The number of hydrogen-bond acceptors (Lipinski definition) is 4. The molecule has 1 aliphatic carbocycles. The molecule has 1 heterocycles. The molecule has 2 aliphatic rings. The number of hydrogen-bond donors (Lipinski definition) is 2. The van der Waals surface area contributed by atoms with E-state index in [0.29, 0.717) is 28.6 Å². The van der Waals surface area contributed by atoms with E-state index in [2.05, 4.69) is 10.2 Å². The van der Waals surface area contributed by atoms with Crippen LogP contribution in [0.2, 0.25) is 9.73 Å². The number of carbonyl (C=O) groups is 2. The van der Waals surface area contributed by atoms with Gasteiger partial charge in [-0.25, -0.2) is 0 Å². The van der Waals surface area contributed by atoms with Gasteiger partial charge in [-0.1, -0.05) is 0 Å². The third-order valence-corrected chi connectivity index (χ3v) is 10.3. The molecular formula is C26H29AsClF3N2O3. The Bertz CT molecular complexity index is 1090.